The number of aryl methyl sites for hydroxylation is 2. The Labute approximate surface area is 256 Å². The lowest BCUT2D eigenvalue weighted by molar-refractivity contribution is 1.14. The summed E-state index contributed by atoms with van der Waals surface area (Å²) in [6.45, 7) is 4.37. The summed E-state index contributed by atoms with van der Waals surface area (Å²) in [5.74, 6) is 0. The maximum absolute atomic E-state index is 4.62. The van der Waals surface area contributed by atoms with Crippen LogP contribution in [0.3, 0.4) is 0 Å². The Morgan fingerprint density at radius 3 is 1.33 bits per heavy atom. The minimum Gasteiger partial charge on any atom is -0.255 e. The van der Waals surface area contributed by atoms with Crippen LogP contribution in [0, 0.1) is 0 Å². The molecule has 0 saturated carbocycles. The SMILES string of the molecule is CCc1ccc(-c2ccc(/C=C/c3ccnc(-c4cc(/C=C/c5ccc(-c6ccc(CC)cc6)s5)ccn4)c3)s2)cc1. The van der Waals surface area contributed by atoms with Gasteiger partial charge in [0.25, 0.3) is 0 Å². The fourth-order valence-corrected chi connectivity index (χ4v) is 6.57. The van der Waals surface area contributed by atoms with E-state index in [0.29, 0.717) is 0 Å². The Bertz CT molecular complexity index is 1700. The molecule has 206 valence electrons. The minimum atomic E-state index is 0.865. The van der Waals surface area contributed by atoms with E-state index in [2.05, 4.69) is 133 Å². The molecule has 0 radical (unpaired) electrons. The molecule has 2 aromatic carbocycles. The highest BCUT2D eigenvalue weighted by molar-refractivity contribution is 7.16. The summed E-state index contributed by atoms with van der Waals surface area (Å²) in [6.07, 6.45) is 14.5. The zero-order valence-corrected chi connectivity index (χ0v) is 25.5. The zero-order chi connectivity index (χ0) is 28.7. The molecule has 0 bridgehead atoms. The standard InChI is InChI=1S/C38H32N2S2/c1-3-27-5-11-31(12-6-27)37-19-17-33(41-37)15-9-29-21-23-39-35(25-29)36-26-30(22-24-40-36)10-16-34-18-20-38(42-34)32-13-7-28(4-2)8-14-32/h5-26H,3-4H2,1-2H3/b15-9+,16-10+. The third-order valence-electron chi connectivity index (χ3n) is 7.26. The van der Waals surface area contributed by atoms with Crippen LogP contribution in [0.5, 0.6) is 0 Å². The molecule has 0 aliphatic carbocycles. The number of hydrogen-bond donors (Lipinski definition) is 0. The van der Waals surface area contributed by atoms with Crippen molar-refractivity contribution < 1.29 is 0 Å². The van der Waals surface area contributed by atoms with E-state index in [9.17, 15) is 0 Å². The van der Waals surface area contributed by atoms with E-state index in [4.69, 9.17) is 0 Å². The van der Waals surface area contributed by atoms with Gasteiger partial charge in [0.1, 0.15) is 0 Å². The second kappa shape index (κ2) is 13.1. The number of benzene rings is 2. The van der Waals surface area contributed by atoms with Crippen LogP contribution in [0.25, 0.3) is 56.6 Å². The van der Waals surface area contributed by atoms with Crippen molar-refractivity contribution in [3.63, 3.8) is 0 Å². The molecule has 4 heterocycles. The lowest BCUT2D eigenvalue weighted by Gasteiger charge is -2.03. The molecular weight excluding hydrogens is 549 g/mol. The molecule has 0 N–H and O–H groups in total. The second-order valence-electron chi connectivity index (χ2n) is 10.1. The van der Waals surface area contributed by atoms with Crippen molar-refractivity contribution in [3.8, 4) is 32.3 Å². The van der Waals surface area contributed by atoms with Gasteiger partial charge in [-0.15, -0.1) is 22.7 Å². The molecule has 2 nitrogen and oxygen atoms in total. The van der Waals surface area contributed by atoms with Crippen LogP contribution >= 0.6 is 22.7 Å². The van der Waals surface area contributed by atoms with Crippen LogP contribution in [-0.2, 0) is 12.8 Å². The van der Waals surface area contributed by atoms with Crippen molar-refractivity contribution in [1.82, 2.24) is 9.97 Å². The van der Waals surface area contributed by atoms with Crippen molar-refractivity contribution in [2.75, 3.05) is 0 Å². The highest BCUT2D eigenvalue weighted by Gasteiger charge is 2.05. The first-order valence-corrected chi connectivity index (χ1v) is 16.0. The molecule has 0 unspecified atom stereocenters. The Morgan fingerprint density at radius 2 is 0.929 bits per heavy atom. The Morgan fingerprint density at radius 1 is 0.500 bits per heavy atom. The number of hydrogen-bond acceptors (Lipinski definition) is 4. The summed E-state index contributed by atoms with van der Waals surface area (Å²) in [6, 6.07) is 34.8. The average molecular weight is 581 g/mol. The Kier molecular flexibility index (Phi) is 8.64. The van der Waals surface area contributed by atoms with Crippen LogP contribution in [0.1, 0.15) is 45.9 Å². The van der Waals surface area contributed by atoms with Crippen molar-refractivity contribution >= 4 is 47.0 Å². The van der Waals surface area contributed by atoms with Crippen LogP contribution in [0.2, 0.25) is 0 Å². The number of pyridine rings is 2. The topological polar surface area (TPSA) is 25.8 Å². The molecule has 6 aromatic rings. The van der Waals surface area contributed by atoms with E-state index >= 15 is 0 Å². The molecule has 0 atom stereocenters. The van der Waals surface area contributed by atoms with Gasteiger partial charge in [0.15, 0.2) is 0 Å². The molecule has 0 amide bonds. The fraction of sp³-hybridized carbons (Fsp3) is 0.105. The quantitative estimate of drug-likeness (QED) is 0.170. The van der Waals surface area contributed by atoms with Gasteiger partial charge in [-0.2, -0.15) is 0 Å². The van der Waals surface area contributed by atoms with Crippen molar-refractivity contribution in [3.05, 3.63) is 141 Å². The number of aromatic nitrogens is 2. The molecular formula is C38H32N2S2. The summed E-state index contributed by atoms with van der Waals surface area (Å²) in [5.41, 5.74) is 9.20. The molecule has 4 heteroatoms. The van der Waals surface area contributed by atoms with Gasteiger partial charge in [0.05, 0.1) is 11.4 Å². The van der Waals surface area contributed by atoms with Crippen molar-refractivity contribution in [2.45, 2.75) is 26.7 Å². The molecule has 4 aromatic heterocycles. The summed E-state index contributed by atoms with van der Waals surface area (Å²) in [5, 5.41) is 0. The molecule has 0 fully saturated rings. The zero-order valence-electron chi connectivity index (χ0n) is 23.8. The number of rotatable bonds is 9. The summed E-state index contributed by atoms with van der Waals surface area (Å²) in [4.78, 5) is 14.2. The third-order valence-corrected chi connectivity index (χ3v) is 9.46. The van der Waals surface area contributed by atoms with E-state index in [-0.39, 0.29) is 0 Å². The van der Waals surface area contributed by atoms with E-state index in [1.54, 1.807) is 22.7 Å². The molecule has 0 saturated heterocycles. The first-order chi connectivity index (χ1) is 20.7. The van der Waals surface area contributed by atoms with Gasteiger partial charge < -0.3 is 0 Å². The van der Waals surface area contributed by atoms with E-state index in [0.717, 1.165) is 35.4 Å². The fourth-order valence-electron chi connectivity index (χ4n) is 4.74. The Balaban J connectivity index is 1.14. The summed E-state index contributed by atoms with van der Waals surface area (Å²) in [7, 11) is 0. The lowest BCUT2D eigenvalue weighted by atomic mass is 10.1. The first-order valence-electron chi connectivity index (χ1n) is 14.3. The van der Waals surface area contributed by atoms with Crippen LogP contribution in [0.15, 0.2) is 109 Å². The average Bonchev–Trinajstić information content (AvgIpc) is 3.74. The largest absolute Gasteiger partial charge is 0.255 e. The first kappa shape index (κ1) is 27.8. The number of thiophene rings is 2. The molecule has 0 aliphatic rings. The van der Waals surface area contributed by atoms with Gasteiger partial charge in [0.2, 0.25) is 0 Å². The Hall–Kier alpha value is -4.38. The molecule has 0 aliphatic heterocycles. The van der Waals surface area contributed by atoms with E-state index < -0.39 is 0 Å². The van der Waals surface area contributed by atoms with Crippen molar-refractivity contribution in [2.24, 2.45) is 0 Å². The monoisotopic (exact) mass is 580 g/mol. The van der Waals surface area contributed by atoms with Crippen LogP contribution < -0.4 is 0 Å². The minimum absolute atomic E-state index is 0.865. The third kappa shape index (κ3) is 6.73. The van der Waals surface area contributed by atoms with Gasteiger partial charge >= 0.3 is 0 Å². The highest BCUT2D eigenvalue weighted by Crippen LogP contribution is 2.31. The highest BCUT2D eigenvalue weighted by atomic mass is 32.1. The maximum Gasteiger partial charge on any atom is 0.0892 e. The van der Waals surface area contributed by atoms with Gasteiger partial charge in [-0.25, -0.2) is 0 Å². The normalized spacial score (nSPS) is 11.6. The van der Waals surface area contributed by atoms with Crippen LogP contribution in [-0.4, -0.2) is 9.97 Å². The molecule has 6 rings (SSSR count). The van der Waals surface area contributed by atoms with Gasteiger partial charge in [-0.1, -0.05) is 74.5 Å². The van der Waals surface area contributed by atoms with E-state index in [1.165, 1.54) is 41.8 Å². The van der Waals surface area contributed by atoms with Gasteiger partial charge in [-0.05, 0) is 107 Å². The second-order valence-corrected chi connectivity index (χ2v) is 12.4. The molecule has 42 heavy (non-hydrogen) atoms. The predicted octanol–water partition coefficient (Wildman–Crippen LogP) is 11.1. The summed E-state index contributed by atoms with van der Waals surface area (Å²) >= 11 is 3.61. The van der Waals surface area contributed by atoms with E-state index in [1.807, 2.05) is 24.5 Å². The van der Waals surface area contributed by atoms with Gasteiger partial charge in [0, 0.05) is 31.9 Å². The summed E-state index contributed by atoms with van der Waals surface area (Å²) < 4.78 is 0. The van der Waals surface area contributed by atoms with Crippen LogP contribution in [0.4, 0.5) is 0 Å². The lowest BCUT2D eigenvalue weighted by Crippen LogP contribution is -1.88. The molecule has 0 spiro atoms. The smallest absolute Gasteiger partial charge is 0.0892 e. The maximum atomic E-state index is 4.62. The number of nitrogens with zero attached hydrogens (tertiary/aromatic N) is 2. The predicted molar refractivity (Wildman–Crippen MR) is 184 cm³/mol. The van der Waals surface area contributed by atoms with Gasteiger partial charge in [-0.3, -0.25) is 9.97 Å². The van der Waals surface area contributed by atoms with Crippen molar-refractivity contribution in [1.29, 1.82) is 0 Å².